The van der Waals surface area contributed by atoms with Crippen LogP contribution in [0.4, 0.5) is 0 Å². The fourth-order valence-corrected chi connectivity index (χ4v) is 2.16. The molecule has 0 nitrogen and oxygen atoms in total. The summed E-state index contributed by atoms with van der Waals surface area (Å²) in [6.45, 7) is 4.62. The Morgan fingerprint density at radius 1 is 1.50 bits per heavy atom. The molecule has 0 heterocycles. The molecule has 1 aliphatic carbocycles. The molecule has 0 aromatic carbocycles. The van der Waals surface area contributed by atoms with E-state index in [1.54, 1.807) is 0 Å². The molecule has 0 aromatic rings. The van der Waals surface area contributed by atoms with Gasteiger partial charge in [-0.2, -0.15) is 0 Å². The predicted octanol–water partition coefficient (Wildman–Crippen LogP) is 3.44. The van der Waals surface area contributed by atoms with Gasteiger partial charge in [-0.15, -0.1) is 11.6 Å². The Kier molecular flexibility index (Phi) is 3.03. The standard InChI is InChI=1S/C9H17Cl/c1-3-7(2)8-4-5-9(10)6-8/h7-9H,3-6H2,1-2H3. The van der Waals surface area contributed by atoms with Gasteiger partial charge in [-0.1, -0.05) is 20.3 Å². The Bertz CT molecular complexity index is 101. The topological polar surface area (TPSA) is 0 Å². The van der Waals surface area contributed by atoms with E-state index in [2.05, 4.69) is 13.8 Å². The fourth-order valence-electron chi connectivity index (χ4n) is 1.81. The smallest absolute Gasteiger partial charge is 0.0338 e. The Hall–Kier alpha value is 0.290. The Balaban J connectivity index is 2.29. The SMILES string of the molecule is CCC(C)C1CCC(Cl)C1. The van der Waals surface area contributed by atoms with E-state index < -0.39 is 0 Å². The summed E-state index contributed by atoms with van der Waals surface area (Å²) in [7, 11) is 0. The summed E-state index contributed by atoms with van der Waals surface area (Å²) in [5.41, 5.74) is 0. The van der Waals surface area contributed by atoms with Crippen LogP contribution in [0.2, 0.25) is 0 Å². The zero-order valence-corrected chi connectivity index (χ0v) is 7.69. The highest BCUT2D eigenvalue weighted by atomic mass is 35.5. The molecule has 0 aromatic heterocycles. The molecule has 3 unspecified atom stereocenters. The van der Waals surface area contributed by atoms with Crippen LogP contribution < -0.4 is 0 Å². The lowest BCUT2D eigenvalue weighted by Gasteiger charge is -2.15. The molecule has 1 aliphatic rings. The molecule has 10 heavy (non-hydrogen) atoms. The molecule has 3 atom stereocenters. The van der Waals surface area contributed by atoms with Crippen LogP contribution in [-0.2, 0) is 0 Å². The first-order chi connectivity index (χ1) is 4.74. The maximum Gasteiger partial charge on any atom is 0.0338 e. The van der Waals surface area contributed by atoms with Crippen LogP contribution >= 0.6 is 11.6 Å². The van der Waals surface area contributed by atoms with Crippen molar-refractivity contribution in [1.82, 2.24) is 0 Å². The van der Waals surface area contributed by atoms with Gasteiger partial charge in [0.15, 0.2) is 0 Å². The van der Waals surface area contributed by atoms with Crippen LogP contribution in [-0.4, -0.2) is 5.38 Å². The minimum Gasteiger partial charge on any atom is -0.123 e. The second-order valence-corrected chi connectivity index (χ2v) is 4.17. The average Bonchev–Trinajstić information content (AvgIpc) is 2.34. The number of alkyl halides is 1. The van der Waals surface area contributed by atoms with E-state index in [0.717, 1.165) is 11.8 Å². The van der Waals surface area contributed by atoms with E-state index in [-0.39, 0.29) is 0 Å². The molecule has 1 rings (SSSR count). The summed E-state index contributed by atoms with van der Waals surface area (Å²) in [6.07, 6.45) is 5.19. The quantitative estimate of drug-likeness (QED) is 0.543. The van der Waals surface area contributed by atoms with E-state index in [4.69, 9.17) is 11.6 Å². The Morgan fingerprint density at radius 3 is 2.60 bits per heavy atom. The average molecular weight is 161 g/mol. The fraction of sp³-hybridized carbons (Fsp3) is 1.00. The number of hydrogen-bond donors (Lipinski definition) is 0. The maximum absolute atomic E-state index is 6.01. The van der Waals surface area contributed by atoms with Gasteiger partial charge in [-0.05, 0) is 31.1 Å². The van der Waals surface area contributed by atoms with E-state index in [1.807, 2.05) is 0 Å². The van der Waals surface area contributed by atoms with Gasteiger partial charge in [0, 0.05) is 5.38 Å². The number of hydrogen-bond acceptors (Lipinski definition) is 0. The summed E-state index contributed by atoms with van der Waals surface area (Å²) in [4.78, 5) is 0. The lowest BCUT2D eigenvalue weighted by atomic mass is 9.91. The van der Waals surface area contributed by atoms with Gasteiger partial charge in [0.25, 0.3) is 0 Å². The molecule has 60 valence electrons. The maximum atomic E-state index is 6.01. The largest absolute Gasteiger partial charge is 0.123 e. The van der Waals surface area contributed by atoms with Crippen LogP contribution in [0, 0.1) is 11.8 Å². The second-order valence-electron chi connectivity index (χ2n) is 3.56. The van der Waals surface area contributed by atoms with Crippen molar-refractivity contribution in [3.05, 3.63) is 0 Å². The summed E-state index contributed by atoms with van der Waals surface area (Å²) >= 11 is 6.01. The molecule has 0 saturated heterocycles. The molecule has 1 fully saturated rings. The van der Waals surface area contributed by atoms with Crippen molar-refractivity contribution in [2.45, 2.75) is 44.9 Å². The van der Waals surface area contributed by atoms with Gasteiger partial charge >= 0.3 is 0 Å². The van der Waals surface area contributed by atoms with Crippen molar-refractivity contribution in [2.75, 3.05) is 0 Å². The van der Waals surface area contributed by atoms with Crippen molar-refractivity contribution < 1.29 is 0 Å². The zero-order valence-electron chi connectivity index (χ0n) is 6.94. The third kappa shape index (κ3) is 1.88. The predicted molar refractivity (Wildman–Crippen MR) is 46.4 cm³/mol. The number of rotatable bonds is 2. The van der Waals surface area contributed by atoms with Gasteiger partial charge in [-0.3, -0.25) is 0 Å². The molecule has 0 amide bonds. The highest BCUT2D eigenvalue weighted by Crippen LogP contribution is 2.35. The number of halogens is 1. The van der Waals surface area contributed by atoms with Crippen molar-refractivity contribution in [3.63, 3.8) is 0 Å². The van der Waals surface area contributed by atoms with Crippen LogP contribution in [0.15, 0.2) is 0 Å². The monoisotopic (exact) mass is 160 g/mol. The van der Waals surface area contributed by atoms with Crippen molar-refractivity contribution in [3.8, 4) is 0 Å². The van der Waals surface area contributed by atoms with E-state index in [1.165, 1.54) is 25.7 Å². The minimum absolute atomic E-state index is 0.485. The highest BCUT2D eigenvalue weighted by Gasteiger charge is 2.25. The van der Waals surface area contributed by atoms with Gasteiger partial charge < -0.3 is 0 Å². The van der Waals surface area contributed by atoms with Gasteiger partial charge in [0.2, 0.25) is 0 Å². The van der Waals surface area contributed by atoms with E-state index >= 15 is 0 Å². The van der Waals surface area contributed by atoms with Crippen LogP contribution in [0.5, 0.6) is 0 Å². The van der Waals surface area contributed by atoms with Gasteiger partial charge in [-0.25, -0.2) is 0 Å². The third-order valence-electron chi connectivity index (χ3n) is 2.86. The van der Waals surface area contributed by atoms with Crippen molar-refractivity contribution in [2.24, 2.45) is 11.8 Å². The van der Waals surface area contributed by atoms with Crippen LogP contribution in [0.3, 0.4) is 0 Å². The molecular weight excluding hydrogens is 144 g/mol. The first kappa shape index (κ1) is 8.39. The molecule has 1 saturated carbocycles. The summed E-state index contributed by atoms with van der Waals surface area (Å²) in [5, 5.41) is 0.485. The second kappa shape index (κ2) is 3.61. The van der Waals surface area contributed by atoms with E-state index in [0.29, 0.717) is 5.38 Å². The minimum atomic E-state index is 0.485. The highest BCUT2D eigenvalue weighted by molar-refractivity contribution is 6.20. The van der Waals surface area contributed by atoms with Crippen LogP contribution in [0.1, 0.15) is 39.5 Å². The molecule has 0 N–H and O–H groups in total. The summed E-state index contributed by atoms with van der Waals surface area (Å²) < 4.78 is 0. The molecule has 0 spiro atoms. The zero-order chi connectivity index (χ0) is 7.56. The van der Waals surface area contributed by atoms with Crippen LogP contribution in [0.25, 0.3) is 0 Å². The van der Waals surface area contributed by atoms with E-state index in [9.17, 15) is 0 Å². The van der Waals surface area contributed by atoms with Gasteiger partial charge in [0.1, 0.15) is 0 Å². The third-order valence-corrected chi connectivity index (χ3v) is 3.25. The molecule has 0 aliphatic heterocycles. The Morgan fingerprint density at radius 2 is 2.20 bits per heavy atom. The van der Waals surface area contributed by atoms with Crippen molar-refractivity contribution in [1.29, 1.82) is 0 Å². The summed E-state index contributed by atoms with van der Waals surface area (Å²) in [5.74, 6) is 1.82. The molecule has 0 radical (unpaired) electrons. The normalized spacial score (nSPS) is 36.3. The molecule has 0 bridgehead atoms. The van der Waals surface area contributed by atoms with Crippen molar-refractivity contribution >= 4 is 11.6 Å². The Labute approximate surface area is 69.0 Å². The summed E-state index contributed by atoms with van der Waals surface area (Å²) in [6, 6.07) is 0. The molecule has 1 heteroatoms. The van der Waals surface area contributed by atoms with Gasteiger partial charge in [0.05, 0.1) is 0 Å². The first-order valence-corrected chi connectivity index (χ1v) is 4.81. The lowest BCUT2D eigenvalue weighted by Crippen LogP contribution is -2.06. The first-order valence-electron chi connectivity index (χ1n) is 4.38. The lowest BCUT2D eigenvalue weighted by molar-refractivity contribution is 0.357. The molecular formula is C9H17Cl.